The van der Waals surface area contributed by atoms with Crippen molar-refractivity contribution in [2.75, 3.05) is 38.5 Å². The fourth-order valence-corrected chi connectivity index (χ4v) is 2.84. The zero-order valence-electron chi connectivity index (χ0n) is 13.4. The van der Waals surface area contributed by atoms with Crippen LogP contribution in [0.4, 0.5) is 11.4 Å². The van der Waals surface area contributed by atoms with E-state index >= 15 is 0 Å². The number of carboxylic acid groups (broad SMARTS) is 1. The number of carbonyl (C=O) groups excluding carboxylic acids is 2. The number of nitrogens with zero attached hydrogens (tertiary/aromatic N) is 1. The maximum absolute atomic E-state index is 12.1. The minimum Gasteiger partial charge on any atom is -0.544 e. The molecule has 9 nitrogen and oxygen atoms in total. The molecule has 1 atom stereocenters. The van der Waals surface area contributed by atoms with Gasteiger partial charge in [0.2, 0.25) is 5.91 Å². The summed E-state index contributed by atoms with van der Waals surface area (Å²) in [6, 6.07) is 4.61. The van der Waals surface area contributed by atoms with Gasteiger partial charge in [-0.1, -0.05) is 6.07 Å². The van der Waals surface area contributed by atoms with Crippen LogP contribution < -0.4 is 20.2 Å². The van der Waals surface area contributed by atoms with Gasteiger partial charge in [0.15, 0.2) is 0 Å². The summed E-state index contributed by atoms with van der Waals surface area (Å²) in [5.41, 5.74) is 0.126. The number of carboxylic acids is 1. The van der Waals surface area contributed by atoms with Crippen LogP contribution in [-0.4, -0.2) is 56.1 Å². The number of aliphatic carboxylic acids is 1. The third-order valence-electron chi connectivity index (χ3n) is 4.25. The molecule has 0 saturated carbocycles. The number of rotatable bonds is 6. The van der Waals surface area contributed by atoms with Gasteiger partial charge < -0.3 is 25.0 Å². The van der Waals surface area contributed by atoms with Gasteiger partial charge in [0.25, 0.3) is 5.69 Å². The van der Waals surface area contributed by atoms with E-state index in [2.05, 4.69) is 5.32 Å². The third kappa shape index (κ3) is 4.74. The summed E-state index contributed by atoms with van der Waals surface area (Å²) in [7, 11) is 2.04. The standard InChI is InChI=1S/C15H20N4O5/c1-17-5-7-18(8-6-17)13(15(21)22)10-14(20)16-11-3-2-4-12(9-11)19(23)24/h2-4,9,13H,5-8,10H2,1H3,(H,16,20)(H,21,22)/p+1/t13-/m0/s1. The van der Waals surface area contributed by atoms with Crippen molar-refractivity contribution >= 4 is 23.3 Å². The second-order valence-corrected chi connectivity index (χ2v) is 6.05. The molecule has 1 aromatic rings. The average Bonchev–Trinajstić information content (AvgIpc) is 2.53. The van der Waals surface area contributed by atoms with E-state index in [-0.39, 0.29) is 17.8 Å². The predicted octanol–water partition coefficient (Wildman–Crippen LogP) is -3.54. The molecule has 1 heterocycles. The van der Waals surface area contributed by atoms with Crippen LogP contribution >= 0.6 is 0 Å². The number of quaternary nitrogens is 2. The average molecular weight is 337 g/mol. The number of benzene rings is 1. The van der Waals surface area contributed by atoms with Gasteiger partial charge in [-0.25, -0.2) is 0 Å². The van der Waals surface area contributed by atoms with Gasteiger partial charge in [0.1, 0.15) is 32.2 Å². The summed E-state index contributed by atoms with van der Waals surface area (Å²) >= 11 is 0. The van der Waals surface area contributed by atoms with E-state index < -0.39 is 22.8 Å². The van der Waals surface area contributed by atoms with Crippen LogP contribution in [0.1, 0.15) is 6.42 Å². The molecule has 0 aromatic heterocycles. The molecule has 9 heteroatoms. The summed E-state index contributed by atoms with van der Waals surface area (Å²) in [4.78, 5) is 35.9. The van der Waals surface area contributed by atoms with E-state index in [4.69, 9.17) is 0 Å². The van der Waals surface area contributed by atoms with Gasteiger partial charge in [-0.15, -0.1) is 0 Å². The van der Waals surface area contributed by atoms with E-state index in [0.29, 0.717) is 13.1 Å². The third-order valence-corrected chi connectivity index (χ3v) is 4.25. The van der Waals surface area contributed by atoms with Crippen molar-refractivity contribution < 1.29 is 29.4 Å². The summed E-state index contributed by atoms with van der Waals surface area (Å²) in [5.74, 6) is -1.75. The lowest BCUT2D eigenvalue weighted by molar-refractivity contribution is -1.01. The zero-order chi connectivity index (χ0) is 17.7. The molecule has 0 unspecified atom stereocenters. The first-order chi connectivity index (χ1) is 11.4. The van der Waals surface area contributed by atoms with Crippen LogP contribution in [0, 0.1) is 10.1 Å². The first-order valence-corrected chi connectivity index (χ1v) is 7.78. The van der Waals surface area contributed by atoms with Gasteiger partial charge in [0, 0.05) is 17.8 Å². The molecule has 1 aliphatic rings. The highest BCUT2D eigenvalue weighted by atomic mass is 16.6. The topological polar surface area (TPSA) is 121 Å². The Bertz CT molecular complexity index is 628. The highest BCUT2D eigenvalue weighted by Crippen LogP contribution is 2.17. The molecule has 0 aliphatic carbocycles. The van der Waals surface area contributed by atoms with Crippen LogP contribution in [0.15, 0.2) is 24.3 Å². The lowest BCUT2D eigenvalue weighted by Crippen LogP contribution is -3.29. The number of piperazine rings is 1. The summed E-state index contributed by atoms with van der Waals surface area (Å²) in [6.45, 7) is 3.00. The number of anilines is 1. The molecule has 1 aromatic carbocycles. The van der Waals surface area contributed by atoms with E-state index in [1.807, 2.05) is 7.05 Å². The molecule has 1 fully saturated rings. The van der Waals surface area contributed by atoms with Crippen molar-refractivity contribution in [3.63, 3.8) is 0 Å². The molecule has 0 radical (unpaired) electrons. The number of hydrogen-bond acceptors (Lipinski definition) is 5. The first-order valence-electron chi connectivity index (χ1n) is 7.78. The van der Waals surface area contributed by atoms with E-state index in [1.54, 1.807) is 0 Å². The van der Waals surface area contributed by atoms with E-state index in [0.717, 1.165) is 18.0 Å². The molecule has 130 valence electrons. The van der Waals surface area contributed by atoms with Gasteiger partial charge in [-0.05, 0) is 6.07 Å². The molecular weight excluding hydrogens is 316 g/mol. The van der Waals surface area contributed by atoms with Crippen molar-refractivity contribution in [3.8, 4) is 0 Å². The SMILES string of the molecule is C[NH+]1CC[NH+]([C@@H](CC(=O)Nc2cccc([N+](=O)[O-])c2)C(=O)[O-])CC1. The van der Waals surface area contributed by atoms with Crippen molar-refractivity contribution in [2.24, 2.45) is 0 Å². The van der Waals surface area contributed by atoms with Crippen molar-refractivity contribution in [1.82, 2.24) is 0 Å². The van der Waals surface area contributed by atoms with E-state index in [1.165, 1.54) is 29.2 Å². The summed E-state index contributed by atoms with van der Waals surface area (Å²) in [6.07, 6.45) is -0.223. The van der Waals surface area contributed by atoms with Gasteiger partial charge >= 0.3 is 0 Å². The number of nitro groups is 1. The highest BCUT2D eigenvalue weighted by molar-refractivity contribution is 5.93. The number of nitro benzene ring substituents is 1. The number of amides is 1. The number of hydrogen-bond donors (Lipinski definition) is 3. The number of carbonyl (C=O) groups is 2. The van der Waals surface area contributed by atoms with Crippen molar-refractivity contribution in [2.45, 2.75) is 12.5 Å². The van der Waals surface area contributed by atoms with Crippen LogP contribution in [-0.2, 0) is 9.59 Å². The molecule has 1 saturated heterocycles. The maximum atomic E-state index is 12.1. The maximum Gasteiger partial charge on any atom is 0.271 e. The van der Waals surface area contributed by atoms with Crippen molar-refractivity contribution in [1.29, 1.82) is 0 Å². The molecular formula is C15H21N4O5+. The van der Waals surface area contributed by atoms with Gasteiger partial charge in [0.05, 0.1) is 24.4 Å². The van der Waals surface area contributed by atoms with Crippen LogP contribution in [0.2, 0.25) is 0 Å². The van der Waals surface area contributed by atoms with Crippen molar-refractivity contribution in [3.05, 3.63) is 34.4 Å². The molecule has 0 spiro atoms. The highest BCUT2D eigenvalue weighted by Gasteiger charge is 2.30. The van der Waals surface area contributed by atoms with Gasteiger partial charge in [-0.2, -0.15) is 0 Å². The molecule has 24 heavy (non-hydrogen) atoms. The minimum absolute atomic E-state index is 0.142. The Labute approximate surface area is 139 Å². The Balaban J connectivity index is 1.99. The first kappa shape index (κ1) is 17.8. The molecule has 3 N–H and O–H groups in total. The lowest BCUT2D eigenvalue weighted by Gasteiger charge is -2.33. The zero-order valence-corrected chi connectivity index (χ0v) is 13.4. The second kappa shape index (κ2) is 7.84. The lowest BCUT2D eigenvalue weighted by atomic mass is 10.1. The smallest absolute Gasteiger partial charge is 0.271 e. The fraction of sp³-hybridized carbons (Fsp3) is 0.467. The predicted molar refractivity (Wildman–Crippen MR) is 82.5 cm³/mol. The Morgan fingerprint density at radius 2 is 1.96 bits per heavy atom. The Kier molecular flexibility index (Phi) is 5.83. The summed E-state index contributed by atoms with van der Waals surface area (Å²) in [5, 5.41) is 24.7. The summed E-state index contributed by atoms with van der Waals surface area (Å²) < 4.78 is 0. The van der Waals surface area contributed by atoms with Gasteiger partial charge in [-0.3, -0.25) is 14.9 Å². The Morgan fingerprint density at radius 3 is 2.54 bits per heavy atom. The molecule has 2 rings (SSSR count). The van der Waals surface area contributed by atoms with Crippen LogP contribution in [0.5, 0.6) is 0 Å². The Hall–Kier alpha value is -2.52. The number of likely N-dealkylation sites (N-methyl/N-ethyl adjacent to an activating group) is 1. The second-order valence-electron chi connectivity index (χ2n) is 6.05. The normalized spacial score (nSPS) is 21.7. The van der Waals surface area contributed by atoms with E-state index in [9.17, 15) is 24.8 Å². The number of non-ortho nitro benzene ring substituents is 1. The van der Waals surface area contributed by atoms with Crippen LogP contribution in [0.25, 0.3) is 0 Å². The largest absolute Gasteiger partial charge is 0.544 e. The monoisotopic (exact) mass is 337 g/mol. The molecule has 1 aliphatic heterocycles. The number of nitrogens with one attached hydrogen (secondary N) is 3. The minimum atomic E-state index is -1.25. The molecule has 0 bridgehead atoms. The Morgan fingerprint density at radius 1 is 1.29 bits per heavy atom. The van der Waals surface area contributed by atoms with Crippen LogP contribution in [0.3, 0.4) is 0 Å². The molecule has 1 amide bonds. The fourth-order valence-electron chi connectivity index (χ4n) is 2.84. The quantitative estimate of drug-likeness (QED) is 0.367.